The zero-order chi connectivity index (χ0) is 16.8. The maximum atomic E-state index is 12.8. The van der Waals surface area contributed by atoms with Crippen LogP contribution in [0.1, 0.15) is 30.6 Å². The molecular formula is C18H25NO4. The van der Waals surface area contributed by atoms with Gasteiger partial charge in [-0.2, -0.15) is 0 Å². The van der Waals surface area contributed by atoms with E-state index in [4.69, 9.17) is 9.47 Å². The highest BCUT2D eigenvalue weighted by Gasteiger charge is 2.63. The van der Waals surface area contributed by atoms with Crippen LogP contribution in [0.15, 0.2) is 18.2 Å². The van der Waals surface area contributed by atoms with Crippen LogP contribution < -0.4 is 4.74 Å². The van der Waals surface area contributed by atoms with Crippen molar-refractivity contribution < 1.29 is 19.4 Å². The van der Waals surface area contributed by atoms with Gasteiger partial charge in [0.15, 0.2) is 11.5 Å². The van der Waals surface area contributed by atoms with Crippen LogP contribution in [0.25, 0.3) is 0 Å². The van der Waals surface area contributed by atoms with E-state index in [0.29, 0.717) is 23.8 Å². The van der Waals surface area contributed by atoms with Crippen molar-refractivity contribution >= 4 is 5.91 Å². The molecule has 2 atom stereocenters. The first-order valence-electron chi connectivity index (χ1n) is 7.98. The molecule has 0 aromatic heterocycles. The average molecular weight is 319 g/mol. The lowest BCUT2D eigenvalue weighted by atomic mass is 9.48. The predicted octanol–water partition coefficient (Wildman–Crippen LogP) is 2.54. The molecule has 1 aromatic rings. The molecule has 126 valence electrons. The number of nitrogens with zero attached hydrogens (tertiary/aromatic N) is 1. The molecule has 0 unspecified atom stereocenters. The van der Waals surface area contributed by atoms with E-state index in [1.165, 1.54) is 13.2 Å². The molecule has 1 heterocycles. The molecule has 1 saturated carbocycles. The van der Waals surface area contributed by atoms with E-state index in [-0.39, 0.29) is 22.5 Å². The fraction of sp³-hybridized carbons (Fsp3) is 0.611. The summed E-state index contributed by atoms with van der Waals surface area (Å²) in [5.41, 5.74) is 0.827. The molecule has 0 spiro atoms. The number of fused-ring (bicyclic) bond motifs is 1. The van der Waals surface area contributed by atoms with Gasteiger partial charge >= 0.3 is 0 Å². The van der Waals surface area contributed by atoms with Crippen molar-refractivity contribution in [1.29, 1.82) is 0 Å². The summed E-state index contributed by atoms with van der Waals surface area (Å²) in [7, 11) is 3.22. The van der Waals surface area contributed by atoms with E-state index < -0.39 is 0 Å². The summed E-state index contributed by atoms with van der Waals surface area (Å²) in [5, 5.41) is 9.90. The number of hydrogen-bond donors (Lipinski definition) is 1. The SMILES string of the molecule is COC[C@@]12CN(C(=O)c3ccc(OC)c(O)c3)C[C@@H]1C(C)(C)C2. The molecule has 0 radical (unpaired) electrons. The molecule has 1 saturated heterocycles. The van der Waals surface area contributed by atoms with Crippen molar-refractivity contribution in [3.05, 3.63) is 23.8 Å². The molecule has 23 heavy (non-hydrogen) atoms. The Kier molecular flexibility index (Phi) is 3.79. The van der Waals surface area contributed by atoms with Crippen LogP contribution in [0.2, 0.25) is 0 Å². The molecule has 1 aliphatic heterocycles. The fourth-order valence-electron chi connectivity index (χ4n) is 4.77. The van der Waals surface area contributed by atoms with E-state index in [9.17, 15) is 9.90 Å². The Hall–Kier alpha value is -1.75. The summed E-state index contributed by atoms with van der Waals surface area (Å²) in [6.07, 6.45) is 1.08. The predicted molar refractivity (Wildman–Crippen MR) is 86.8 cm³/mol. The van der Waals surface area contributed by atoms with Crippen molar-refractivity contribution in [2.24, 2.45) is 16.7 Å². The number of benzene rings is 1. The van der Waals surface area contributed by atoms with Crippen LogP contribution >= 0.6 is 0 Å². The molecule has 5 nitrogen and oxygen atoms in total. The number of phenolic OH excluding ortho intramolecular Hbond substituents is 1. The van der Waals surface area contributed by atoms with Crippen molar-refractivity contribution in [2.45, 2.75) is 20.3 Å². The number of phenols is 1. The Bertz CT molecular complexity index is 627. The Morgan fingerprint density at radius 3 is 2.70 bits per heavy atom. The standard InChI is InChI=1S/C18H25NO4/c1-17(2)9-18(11-22-3)10-19(8-15(17)18)16(21)12-5-6-14(23-4)13(20)7-12/h5-7,15,20H,8-11H2,1-4H3/t15-,18-/m1/s1. The number of ether oxygens (including phenoxy) is 2. The lowest BCUT2D eigenvalue weighted by molar-refractivity contribution is -0.107. The van der Waals surface area contributed by atoms with Gasteiger partial charge < -0.3 is 19.5 Å². The number of amides is 1. The minimum Gasteiger partial charge on any atom is -0.504 e. The molecule has 2 aliphatic rings. The number of methoxy groups -OCH3 is 2. The van der Waals surface area contributed by atoms with Crippen LogP contribution in [0, 0.1) is 16.7 Å². The van der Waals surface area contributed by atoms with Crippen molar-refractivity contribution in [1.82, 2.24) is 4.90 Å². The third-order valence-corrected chi connectivity index (χ3v) is 5.54. The summed E-state index contributed by atoms with van der Waals surface area (Å²) in [5.74, 6) is 0.793. The molecule has 5 heteroatoms. The summed E-state index contributed by atoms with van der Waals surface area (Å²) >= 11 is 0. The first-order chi connectivity index (χ1) is 10.8. The van der Waals surface area contributed by atoms with Gasteiger partial charge in [-0.25, -0.2) is 0 Å². The molecule has 3 rings (SSSR count). The van der Waals surface area contributed by atoms with Crippen molar-refractivity contribution in [2.75, 3.05) is 33.9 Å². The Labute approximate surface area is 137 Å². The first-order valence-corrected chi connectivity index (χ1v) is 7.98. The van der Waals surface area contributed by atoms with Gasteiger partial charge in [0.2, 0.25) is 0 Å². The van der Waals surface area contributed by atoms with Gasteiger partial charge in [-0.15, -0.1) is 0 Å². The van der Waals surface area contributed by atoms with Gasteiger partial charge in [0.25, 0.3) is 5.91 Å². The quantitative estimate of drug-likeness (QED) is 0.926. The molecular weight excluding hydrogens is 294 g/mol. The van der Waals surface area contributed by atoms with E-state index >= 15 is 0 Å². The van der Waals surface area contributed by atoms with Crippen molar-refractivity contribution in [3.63, 3.8) is 0 Å². The van der Waals surface area contributed by atoms with Gasteiger partial charge in [0, 0.05) is 31.2 Å². The van der Waals surface area contributed by atoms with Crippen LogP contribution in [0.4, 0.5) is 0 Å². The number of hydrogen-bond acceptors (Lipinski definition) is 4. The third-order valence-electron chi connectivity index (χ3n) is 5.54. The molecule has 0 bridgehead atoms. The van der Waals surface area contributed by atoms with Crippen LogP contribution in [0.5, 0.6) is 11.5 Å². The van der Waals surface area contributed by atoms with Gasteiger partial charge in [-0.05, 0) is 36.0 Å². The minimum absolute atomic E-state index is 0.00699. The first kappa shape index (κ1) is 16.1. The Balaban J connectivity index is 1.80. The molecule has 2 fully saturated rings. The summed E-state index contributed by atoms with van der Waals surface area (Å²) in [6.45, 7) is 6.69. The highest BCUT2D eigenvalue weighted by molar-refractivity contribution is 5.95. The second kappa shape index (κ2) is 5.41. The van der Waals surface area contributed by atoms with Gasteiger partial charge in [-0.1, -0.05) is 13.8 Å². The fourth-order valence-corrected chi connectivity index (χ4v) is 4.77. The number of carbonyl (C=O) groups is 1. The van der Waals surface area contributed by atoms with E-state index in [2.05, 4.69) is 13.8 Å². The van der Waals surface area contributed by atoms with E-state index in [1.807, 2.05) is 4.90 Å². The van der Waals surface area contributed by atoms with Crippen LogP contribution in [-0.4, -0.2) is 49.8 Å². The maximum absolute atomic E-state index is 12.8. The zero-order valence-corrected chi connectivity index (χ0v) is 14.3. The Morgan fingerprint density at radius 2 is 2.13 bits per heavy atom. The molecule has 1 amide bonds. The normalized spacial score (nSPS) is 28.2. The van der Waals surface area contributed by atoms with E-state index in [0.717, 1.165) is 19.5 Å². The summed E-state index contributed by atoms with van der Waals surface area (Å²) in [4.78, 5) is 14.7. The van der Waals surface area contributed by atoms with Gasteiger partial charge in [0.05, 0.1) is 13.7 Å². The second-order valence-electron chi connectivity index (χ2n) is 7.59. The van der Waals surface area contributed by atoms with Gasteiger partial charge in [0.1, 0.15) is 0 Å². The highest BCUT2D eigenvalue weighted by atomic mass is 16.5. The van der Waals surface area contributed by atoms with E-state index in [1.54, 1.807) is 19.2 Å². The molecule has 1 aromatic carbocycles. The number of carbonyl (C=O) groups excluding carboxylic acids is 1. The van der Waals surface area contributed by atoms with Crippen LogP contribution in [0.3, 0.4) is 0 Å². The summed E-state index contributed by atoms with van der Waals surface area (Å²) < 4.78 is 10.5. The highest BCUT2D eigenvalue weighted by Crippen LogP contribution is 2.62. The third kappa shape index (κ3) is 2.47. The minimum atomic E-state index is -0.0383. The summed E-state index contributed by atoms with van der Waals surface area (Å²) in [6, 6.07) is 4.81. The van der Waals surface area contributed by atoms with Crippen LogP contribution in [-0.2, 0) is 4.74 Å². The topological polar surface area (TPSA) is 59.0 Å². The van der Waals surface area contributed by atoms with Gasteiger partial charge in [-0.3, -0.25) is 4.79 Å². The lowest BCUT2D eigenvalue weighted by Gasteiger charge is -2.56. The number of rotatable bonds is 4. The average Bonchev–Trinajstić information content (AvgIpc) is 2.81. The lowest BCUT2D eigenvalue weighted by Crippen LogP contribution is -2.55. The zero-order valence-electron chi connectivity index (χ0n) is 14.3. The Morgan fingerprint density at radius 1 is 1.39 bits per heavy atom. The van der Waals surface area contributed by atoms with Crippen molar-refractivity contribution in [3.8, 4) is 11.5 Å². The second-order valence-corrected chi connectivity index (χ2v) is 7.59. The monoisotopic (exact) mass is 319 g/mol. The smallest absolute Gasteiger partial charge is 0.254 e. The molecule has 1 aliphatic carbocycles. The number of likely N-dealkylation sites (tertiary alicyclic amines) is 1. The largest absolute Gasteiger partial charge is 0.504 e. The number of aromatic hydroxyl groups is 1. The molecule has 1 N–H and O–H groups in total. The maximum Gasteiger partial charge on any atom is 0.254 e.